The van der Waals surface area contributed by atoms with Crippen molar-refractivity contribution in [2.75, 3.05) is 32.8 Å². The van der Waals surface area contributed by atoms with Gasteiger partial charge in [-0.05, 0) is 30.4 Å². The topological polar surface area (TPSA) is 51.5 Å². The van der Waals surface area contributed by atoms with Crippen molar-refractivity contribution in [3.8, 4) is 0 Å². The number of fused-ring (bicyclic) bond motifs is 1. The van der Waals surface area contributed by atoms with E-state index in [1.165, 1.54) is 4.90 Å². The predicted molar refractivity (Wildman–Crippen MR) is 89.4 cm³/mol. The molecule has 1 aromatic carbocycles. The number of morpholine rings is 1. The Kier molecular flexibility index (Phi) is 4.93. The number of rotatable bonds is 4. The summed E-state index contributed by atoms with van der Waals surface area (Å²) in [6.45, 7) is 5.40. The molecule has 2 N–H and O–H groups in total. The van der Waals surface area contributed by atoms with Crippen molar-refractivity contribution < 1.29 is 9.64 Å². The maximum atomic E-state index is 12.5. The fourth-order valence-corrected chi connectivity index (χ4v) is 3.28. The van der Waals surface area contributed by atoms with Crippen LogP contribution in [0.4, 0.5) is 0 Å². The summed E-state index contributed by atoms with van der Waals surface area (Å²) in [7, 11) is 0. The summed E-state index contributed by atoms with van der Waals surface area (Å²) < 4.78 is 7.45. The summed E-state index contributed by atoms with van der Waals surface area (Å²) >= 11 is 11.3. The third kappa shape index (κ3) is 3.41. The van der Waals surface area contributed by atoms with Crippen LogP contribution in [-0.4, -0.2) is 42.4 Å². The minimum atomic E-state index is -0.0487. The molecule has 0 amide bonds. The van der Waals surface area contributed by atoms with Gasteiger partial charge >= 0.3 is 0 Å². The highest BCUT2D eigenvalue weighted by atomic mass is 35.5. The molecule has 0 aliphatic carbocycles. The number of ether oxygens (including phenoxy) is 1. The molecule has 0 radical (unpaired) electrons. The summed E-state index contributed by atoms with van der Waals surface area (Å²) in [6, 6.07) is 5.20. The minimum Gasteiger partial charge on any atom is -0.370 e. The monoisotopic (exact) mass is 340 g/mol. The second-order valence-electron chi connectivity index (χ2n) is 5.54. The zero-order valence-electron chi connectivity index (χ0n) is 12.2. The van der Waals surface area contributed by atoms with E-state index in [4.69, 9.17) is 28.6 Å². The van der Waals surface area contributed by atoms with E-state index in [0.29, 0.717) is 27.2 Å². The molecule has 0 atom stereocenters. The van der Waals surface area contributed by atoms with Crippen LogP contribution in [0.3, 0.4) is 0 Å². The van der Waals surface area contributed by atoms with Crippen molar-refractivity contribution in [1.29, 1.82) is 0 Å². The van der Waals surface area contributed by atoms with E-state index < -0.39 is 0 Å². The highest BCUT2D eigenvalue weighted by Crippen LogP contribution is 2.14. The van der Waals surface area contributed by atoms with Crippen LogP contribution in [0.5, 0.6) is 0 Å². The van der Waals surface area contributed by atoms with Gasteiger partial charge in [-0.25, -0.2) is 0 Å². The van der Waals surface area contributed by atoms with Crippen LogP contribution in [0, 0.1) is 4.77 Å². The summed E-state index contributed by atoms with van der Waals surface area (Å²) in [6.07, 6.45) is 0.922. The average molecular weight is 341 g/mol. The molecule has 1 saturated heterocycles. The lowest BCUT2D eigenvalue weighted by atomic mass is 10.2. The molecule has 118 valence electrons. The van der Waals surface area contributed by atoms with Gasteiger partial charge in [0.05, 0.1) is 30.7 Å². The molecule has 1 aromatic heterocycles. The number of benzene rings is 1. The summed E-state index contributed by atoms with van der Waals surface area (Å²) in [5, 5.41) is 1.21. The molecule has 1 aliphatic heterocycles. The molecule has 2 heterocycles. The van der Waals surface area contributed by atoms with Crippen LogP contribution in [0.15, 0.2) is 23.0 Å². The van der Waals surface area contributed by atoms with Gasteiger partial charge in [-0.1, -0.05) is 11.6 Å². The third-order valence-electron chi connectivity index (χ3n) is 4.06. The molecule has 1 fully saturated rings. The molecule has 0 saturated carbocycles. The Bertz CT molecular complexity index is 780. The Morgan fingerprint density at radius 3 is 2.91 bits per heavy atom. The second-order valence-corrected chi connectivity index (χ2v) is 6.37. The number of H-pyrrole nitrogens is 1. The van der Waals surface area contributed by atoms with Crippen molar-refractivity contribution in [3.63, 3.8) is 0 Å². The van der Waals surface area contributed by atoms with Crippen molar-refractivity contribution in [2.24, 2.45) is 0 Å². The first-order valence-corrected chi connectivity index (χ1v) is 8.27. The molecule has 0 bridgehead atoms. The van der Waals surface area contributed by atoms with Crippen LogP contribution in [-0.2, 0) is 11.3 Å². The van der Waals surface area contributed by atoms with E-state index >= 15 is 0 Å². The van der Waals surface area contributed by atoms with Gasteiger partial charge in [0.15, 0.2) is 4.77 Å². The summed E-state index contributed by atoms with van der Waals surface area (Å²) in [5.74, 6) is 0. The number of aromatic nitrogens is 2. The lowest BCUT2D eigenvalue weighted by Gasteiger charge is -2.23. The molecule has 5 nitrogen and oxygen atoms in total. The van der Waals surface area contributed by atoms with E-state index in [1.54, 1.807) is 22.8 Å². The summed E-state index contributed by atoms with van der Waals surface area (Å²) in [4.78, 5) is 17.2. The lowest BCUT2D eigenvalue weighted by molar-refractivity contribution is -0.908. The maximum absolute atomic E-state index is 12.5. The van der Waals surface area contributed by atoms with Crippen molar-refractivity contribution in [3.05, 3.63) is 38.3 Å². The zero-order valence-corrected chi connectivity index (χ0v) is 13.8. The van der Waals surface area contributed by atoms with Crippen LogP contribution >= 0.6 is 23.8 Å². The van der Waals surface area contributed by atoms with Gasteiger partial charge in [-0.3, -0.25) is 9.36 Å². The van der Waals surface area contributed by atoms with Crippen molar-refractivity contribution in [2.45, 2.75) is 13.0 Å². The Balaban J connectivity index is 1.77. The van der Waals surface area contributed by atoms with Gasteiger partial charge in [-0.15, -0.1) is 0 Å². The quantitative estimate of drug-likeness (QED) is 0.817. The van der Waals surface area contributed by atoms with Gasteiger partial charge in [0, 0.05) is 18.0 Å². The smallest absolute Gasteiger partial charge is 0.262 e. The van der Waals surface area contributed by atoms with E-state index in [2.05, 4.69) is 4.98 Å². The first-order chi connectivity index (χ1) is 10.6. The molecule has 2 aromatic rings. The third-order valence-corrected chi connectivity index (χ3v) is 4.61. The van der Waals surface area contributed by atoms with Gasteiger partial charge in [0.25, 0.3) is 5.56 Å². The van der Waals surface area contributed by atoms with E-state index in [-0.39, 0.29) is 5.56 Å². The number of quaternary nitrogens is 1. The van der Waals surface area contributed by atoms with Crippen LogP contribution in [0.1, 0.15) is 6.42 Å². The van der Waals surface area contributed by atoms with Gasteiger partial charge < -0.3 is 14.6 Å². The van der Waals surface area contributed by atoms with E-state index in [1.807, 2.05) is 0 Å². The molecule has 3 rings (SSSR count). The minimum absolute atomic E-state index is 0.0487. The van der Waals surface area contributed by atoms with Crippen molar-refractivity contribution in [1.82, 2.24) is 9.55 Å². The SMILES string of the molecule is O=c1c2ccc(Cl)cc2[nH]c(=S)n1CCC[NH+]1CCOCC1. The van der Waals surface area contributed by atoms with E-state index in [0.717, 1.165) is 39.3 Å². The molecule has 1 aliphatic rings. The van der Waals surface area contributed by atoms with Crippen molar-refractivity contribution >= 4 is 34.7 Å². The highest BCUT2D eigenvalue weighted by molar-refractivity contribution is 7.71. The van der Waals surface area contributed by atoms with Gasteiger partial charge in [-0.2, -0.15) is 0 Å². The Hall–Kier alpha value is -1.21. The first kappa shape index (κ1) is 15.7. The van der Waals surface area contributed by atoms with Gasteiger partial charge in [0.2, 0.25) is 0 Å². The number of nitrogens with one attached hydrogen (secondary N) is 2. The molecule has 0 spiro atoms. The van der Waals surface area contributed by atoms with Gasteiger partial charge in [0.1, 0.15) is 13.1 Å². The van der Waals surface area contributed by atoms with E-state index in [9.17, 15) is 4.79 Å². The van der Waals surface area contributed by atoms with Crippen LogP contribution in [0.25, 0.3) is 10.9 Å². The first-order valence-electron chi connectivity index (χ1n) is 7.49. The average Bonchev–Trinajstić information content (AvgIpc) is 2.51. The van der Waals surface area contributed by atoms with Crippen LogP contribution < -0.4 is 10.5 Å². The number of hydrogen-bond donors (Lipinski definition) is 2. The number of aromatic amines is 1. The normalized spacial score (nSPS) is 16.2. The molecular weight excluding hydrogens is 322 g/mol. The fourth-order valence-electron chi connectivity index (χ4n) is 2.83. The highest BCUT2D eigenvalue weighted by Gasteiger charge is 2.13. The standard InChI is InChI=1S/C15H18ClN3O2S/c16-11-2-3-12-13(10-11)17-15(22)19(14(12)20)5-1-4-18-6-8-21-9-7-18/h2-3,10H,1,4-9H2,(H,17,22)/p+1. The van der Waals surface area contributed by atoms with Crippen LogP contribution in [0.2, 0.25) is 5.02 Å². The number of hydrogen-bond acceptors (Lipinski definition) is 3. The Morgan fingerprint density at radius 1 is 1.36 bits per heavy atom. The second kappa shape index (κ2) is 6.91. The largest absolute Gasteiger partial charge is 0.370 e. The summed E-state index contributed by atoms with van der Waals surface area (Å²) in [5.41, 5.74) is 0.643. The zero-order chi connectivity index (χ0) is 15.5. The number of nitrogens with zero attached hydrogens (tertiary/aromatic N) is 1. The Labute approximate surface area is 138 Å². The fraction of sp³-hybridized carbons (Fsp3) is 0.467. The number of halogens is 1. The Morgan fingerprint density at radius 2 is 2.14 bits per heavy atom. The maximum Gasteiger partial charge on any atom is 0.262 e. The lowest BCUT2D eigenvalue weighted by Crippen LogP contribution is -3.14. The predicted octanol–water partition coefficient (Wildman–Crippen LogP) is 1.02. The molecular formula is C15H19ClN3O2S+. The molecule has 0 unspecified atom stereocenters. The molecule has 22 heavy (non-hydrogen) atoms. The molecule has 7 heteroatoms.